The number of benzene rings is 1. The molecule has 1 aromatic rings. The molecule has 2 heterocycles. The molecule has 2 nitrogen and oxygen atoms in total. The molecule has 1 saturated carbocycles. The van der Waals surface area contributed by atoms with E-state index in [2.05, 4.69) is 50.4 Å². The molecule has 2 aliphatic heterocycles. The number of hydrogen-bond donors (Lipinski definition) is 1. The molecule has 1 spiro atoms. The largest absolute Gasteiger partial charge is 0.316 e. The van der Waals surface area contributed by atoms with Crippen molar-refractivity contribution >= 4 is 15.9 Å². The number of nitrogens with one attached hydrogen (secondary N) is 1. The van der Waals surface area contributed by atoms with E-state index in [1.165, 1.54) is 55.4 Å². The minimum Gasteiger partial charge on any atom is -0.316 e. The second-order valence-electron chi connectivity index (χ2n) is 6.84. The van der Waals surface area contributed by atoms with Gasteiger partial charge < -0.3 is 5.32 Å². The molecule has 1 aliphatic carbocycles. The second kappa shape index (κ2) is 5.11. The third kappa shape index (κ3) is 2.24. The van der Waals surface area contributed by atoms with Crippen LogP contribution < -0.4 is 5.32 Å². The zero-order valence-corrected chi connectivity index (χ0v) is 13.5. The topological polar surface area (TPSA) is 15.3 Å². The number of halogens is 1. The Hall–Kier alpha value is -0.380. The molecule has 0 bridgehead atoms. The first-order chi connectivity index (χ1) is 9.78. The minimum absolute atomic E-state index is 0.512. The quantitative estimate of drug-likeness (QED) is 0.891. The number of hydrogen-bond acceptors (Lipinski definition) is 2. The van der Waals surface area contributed by atoms with Gasteiger partial charge in [-0.25, -0.2) is 0 Å². The van der Waals surface area contributed by atoms with Gasteiger partial charge in [0.15, 0.2) is 0 Å². The second-order valence-corrected chi connectivity index (χ2v) is 7.70. The minimum atomic E-state index is 0.512. The van der Waals surface area contributed by atoms with E-state index in [-0.39, 0.29) is 0 Å². The van der Waals surface area contributed by atoms with Crippen molar-refractivity contribution in [3.63, 3.8) is 0 Å². The van der Waals surface area contributed by atoms with Gasteiger partial charge in [-0.2, -0.15) is 0 Å². The molecule has 20 heavy (non-hydrogen) atoms. The summed E-state index contributed by atoms with van der Waals surface area (Å²) in [5.74, 6) is 0.663. The summed E-state index contributed by atoms with van der Waals surface area (Å²) in [6.07, 6.45) is 5.60. The Bertz CT molecular complexity index is 500. The molecule has 2 unspecified atom stereocenters. The molecule has 0 aromatic heterocycles. The van der Waals surface area contributed by atoms with Crippen molar-refractivity contribution in [3.8, 4) is 0 Å². The average Bonchev–Trinajstić information content (AvgIpc) is 3.24. The van der Waals surface area contributed by atoms with Crippen LogP contribution in [0.4, 0.5) is 0 Å². The smallest absolute Gasteiger partial charge is 0.0210 e. The van der Waals surface area contributed by atoms with Gasteiger partial charge in [-0.1, -0.05) is 34.1 Å². The predicted molar refractivity (Wildman–Crippen MR) is 86.0 cm³/mol. The zero-order valence-electron chi connectivity index (χ0n) is 11.9. The number of nitrogens with zero attached hydrogens (tertiary/aromatic N) is 1. The lowest BCUT2D eigenvalue weighted by atomic mass is 9.67. The van der Waals surface area contributed by atoms with Crippen LogP contribution in [0.15, 0.2) is 28.7 Å². The van der Waals surface area contributed by atoms with Crippen molar-refractivity contribution < 1.29 is 0 Å². The van der Waals surface area contributed by atoms with Crippen LogP contribution in [0.3, 0.4) is 0 Å². The van der Waals surface area contributed by atoms with Crippen LogP contribution in [0.1, 0.15) is 37.2 Å². The Balaban J connectivity index is 1.64. The predicted octanol–water partition coefficient (Wildman–Crippen LogP) is 3.38. The summed E-state index contributed by atoms with van der Waals surface area (Å²) < 4.78 is 1.29. The van der Waals surface area contributed by atoms with Gasteiger partial charge in [0.05, 0.1) is 0 Å². The van der Waals surface area contributed by atoms with E-state index in [1.54, 1.807) is 0 Å². The van der Waals surface area contributed by atoms with Gasteiger partial charge in [-0.3, -0.25) is 4.90 Å². The average molecular weight is 335 g/mol. The van der Waals surface area contributed by atoms with Gasteiger partial charge in [-0.05, 0) is 55.8 Å². The summed E-state index contributed by atoms with van der Waals surface area (Å²) in [5.41, 5.74) is 2.02. The Labute approximate surface area is 130 Å². The van der Waals surface area contributed by atoms with Gasteiger partial charge in [0.1, 0.15) is 0 Å². The fraction of sp³-hybridized carbons (Fsp3) is 0.647. The molecule has 0 radical (unpaired) electrons. The van der Waals surface area contributed by atoms with Gasteiger partial charge in [0.2, 0.25) is 0 Å². The Morgan fingerprint density at radius 2 is 2.05 bits per heavy atom. The summed E-state index contributed by atoms with van der Waals surface area (Å²) in [6, 6.07) is 9.76. The van der Waals surface area contributed by atoms with E-state index < -0.39 is 0 Å². The van der Waals surface area contributed by atoms with E-state index in [4.69, 9.17) is 0 Å². The maximum Gasteiger partial charge on any atom is 0.0210 e. The highest BCUT2D eigenvalue weighted by Crippen LogP contribution is 2.50. The Morgan fingerprint density at radius 3 is 2.85 bits per heavy atom. The summed E-state index contributed by atoms with van der Waals surface area (Å²) in [6.45, 7) is 4.98. The standard InChI is InChI=1S/C17H23BrN2/c18-16-4-2-1-3-14(16)15-11-19-9-7-17(15)8-10-20(12-17)13-5-6-13/h1-4,13,15,19H,5-12H2. The van der Waals surface area contributed by atoms with Gasteiger partial charge in [-0.15, -0.1) is 0 Å². The molecular weight excluding hydrogens is 312 g/mol. The highest BCUT2D eigenvalue weighted by Gasteiger charge is 2.49. The molecule has 2 saturated heterocycles. The van der Waals surface area contributed by atoms with Crippen molar-refractivity contribution in [1.82, 2.24) is 10.2 Å². The third-order valence-corrected chi connectivity index (χ3v) is 6.37. The van der Waals surface area contributed by atoms with Crippen LogP contribution in [0.25, 0.3) is 0 Å². The lowest BCUT2D eigenvalue weighted by Crippen LogP contribution is -2.45. The van der Waals surface area contributed by atoms with Gasteiger partial charge >= 0.3 is 0 Å². The molecule has 3 heteroatoms. The summed E-state index contributed by atoms with van der Waals surface area (Å²) in [7, 11) is 0. The number of piperidine rings is 1. The molecule has 1 N–H and O–H groups in total. The van der Waals surface area contributed by atoms with Crippen LogP contribution in [0.5, 0.6) is 0 Å². The van der Waals surface area contributed by atoms with Crippen LogP contribution in [-0.4, -0.2) is 37.1 Å². The van der Waals surface area contributed by atoms with Crippen LogP contribution in [0.2, 0.25) is 0 Å². The van der Waals surface area contributed by atoms with Crippen LogP contribution >= 0.6 is 15.9 Å². The molecule has 4 rings (SSSR count). The SMILES string of the molecule is Brc1ccccc1C1CNCCC12CCN(C1CC1)C2. The highest BCUT2D eigenvalue weighted by atomic mass is 79.9. The highest BCUT2D eigenvalue weighted by molar-refractivity contribution is 9.10. The lowest BCUT2D eigenvalue weighted by Gasteiger charge is -2.42. The fourth-order valence-corrected chi connectivity index (χ4v) is 4.90. The summed E-state index contributed by atoms with van der Waals surface area (Å²) in [5, 5.41) is 3.63. The maximum absolute atomic E-state index is 3.78. The van der Waals surface area contributed by atoms with Crippen molar-refractivity contribution in [2.24, 2.45) is 5.41 Å². The van der Waals surface area contributed by atoms with E-state index in [1.807, 2.05) is 0 Å². The first-order valence-corrected chi connectivity index (χ1v) is 8.77. The Morgan fingerprint density at radius 1 is 1.20 bits per heavy atom. The Kier molecular flexibility index (Phi) is 3.40. The molecule has 1 aromatic carbocycles. The summed E-state index contributed by atoms with van der Waals surface area (Å²) in [4.78, 5) is 2.77. The first kappa shape index (κ1) is 13.3. The number of likely N-dealkylation sites (tertiary alicyclic amines) is 1. The molecular formula is C17H23BrN2. The van der Waals surface area contributed by atoms with Crippen LogP contribution in [-0.2, 0) is 0 Å². The van der Waals surface area contributed by atoms with E-state index in [9.17, 15) is 0 Å². The van der Waals surface area contributed by atoms with Crippen molar-refractivity contribution in [2.75, 3.05) is 26.2 Å². The number of rotatable bonds is 2. The van der Waals surface area contributed by atoms with E-state index >= 15 is 0 Å². The van der Waals surface area contributed by atoms with Crippen molar-refractivity contribution in [1.29, 1.82) is 0 Å². The molecule has 3 fully saturated rings. The van der Waals surface area contributed by atoms with Crippen molar-refractivity contribution in [3.05, 3.63) is 34.3 Å². The molecule has 2 atom stereocenters. The fourth-order valence-electron chi connectivity index (χ4n) is 4.34. The normalized spacial score (nSPS) is 34.8. The lowest BCUT2D eigenvalue weighted by molar-refractivity contribution is 0.160. The first-order valence-electron chi connectivity index (χ1n) is 7.98. The maximum atomic E-state index is 3.78. The van der Waals surface area contributed by atoms with Gasteiger partial charge in [0.25, 0.3) is 0 Å². The summed E-state index contributed by atoms with van der Waals surface area (Å²) >= 11 is 3.78. The van der Waals surface area contributed by atoms with Gasteiger partial charge in [0, 0.05) is 29.5 Å². The third-order valence-electron chi connectivity index (χ3n) is 5.65. The van der Waals surface area contributed by atoms with Crippen molar-refractivity contribution in [2.45, 2.75) is 37.6 Å². The molecule has 0 amide bonds. The molecule has 3 aliphatic rings. The molecule has 108 valence electrons. The zero-order chi connectivity index (χ0) is 13.6. The van der Waals surface area contributed by atoms with Crippen LogP contribution in [0, 0.1) is 5.41 Å². The van der Waals surface area contributed by atoms with E-state index in [0.717, 1.165) is 12.6 Å². The van der Waals surface area contributed by atoms with E-state index in [0.29, 0.717) is 11.3 Å². The monoisotopic (exact) mass is 334 g/mol.